The van der Waals surface area contributed by atoms with Crippen LogP contribution in [0.15, 0.2) is 23.2 Å². The van der Waals surface area contributed by atoms with E-state index in [1.807, 2.05) is 6.92 Å². The number of nitrogens with zero attached hydrogens (tertiary/aromatic N) is 1. The summed E-state index contributed by atoms with van der Waals surface area (Å²) in [4.78, 5) is 3.92. The molecule has 1 saturated heterocycles. The summed E-state index contributed by atoms with van der Waals surface area (Å²) < 4.78 is 32.4. The lowest BCUT2D eigenvalue weighted by atomic mass is 10.0. The second-order valence-electron chi connectivity index (χ2n) is 4.47. The quantitative estimate of drug-likeness (QED) is 0.522. The van der Waals surface area contributed by atoms with Crippen molar-refractivity contribution >= 4 is 15.8 Å². The normalized spacial score (nSPS) is 23.5. The lowest BCUT2D eigenvalue weighted by Gasteiger charge is -2.15. The summed E-state index contributed by atoms with van der Waals surface area (Å²) in [5.41, 5.74) is 2.28. The smallest absolute Gasteiger partial charge is 0.244 e. The van der Waals surface area contributed by atoms with Gasteiger partial charge in [0, 0.05) is 25.3 Å². The maximum Gasteiger partial charge on any atom is 0.244 e. The Balaban J connectivity index is 2.09. The van der Waals surface area contributed by atoms with Gasteiger partial charge in [0.15, 0.2) is 5.82 Å². The molecule has 2 heterocycles. The zero-order valence-corrected chi connectivity index (χ0v) is 11.5. The molecule has 1 aliphatic rings. The van der Waals surface area contributed by atoms with E-state index in [1.54, 1.807) is 6.07 Å². The predicted octanol–water partition coefficient (Wildman–Crippen LogP) is 0.0705. The Kier molecular flexibility index (Phi) is 4.35. The summed E-state index contributed by atoms with van der Waals surface area (Å²) in [5.74, 6) is 5.59. The fraction of sp³-hybridized carbons (Fsp3) is 0.545. The second kappa shape index (κ2) is 5.83. The standard InChI is InChI=1S/C11H18N4O3S/c1-8-9(4-6-18-8)7-14-19(16,17)10-3-2-5-13-11(10)15-12/h2-3,5,8-9,14H,4,6-7,12H2,1H3,(H,13,15). The predicted molar refractivity (Wildman–Crippen MR) is 70.8 cm³/mol. The SMILES string of the molecule is CC1OCCC1CNS(=O)(=O)c1cccnc1NN. The molecular weight excluding hydrogens is 268 g/mol. The molecule has 2 rings (SSSR count). The number of nitrogen functional groups attached to an aromatic ring is 1. The number of hydrazine groups is 1. The minimum Gasteiger partial charge on any atom is -0.378 e. The number of nitrogens with one attached hydrogen (secondary N) is 2. The highest BCUT2D eigenvalue weighted by molar-refractivity contribution is 7.89. The van der Waals surface area contributed by atoms with Gasteiger partial charge in [-0.25, -0.2) is 24.0 Å². The lowest BCUT2D eigenvalue weighted by molar-refractivity contribution is 0.107. The third-order valence-corrected chi connectivity index (χ3v) is 4.72. The molecule has 1 aromatic rings. The van der Waals surface area contributed by atoms with E-state index in [-0.39, 0.29) is 22.7 Å². The molecule has 7 nitrogen and oxygen atoms in total. The highest BCUT2D eigenvalue weighted by Gasteiger charge is 2.27. The molecule has 0 saturated carbocycles. The van der Waals surface area contributed by atoms with Crippen molar-refractivity contribution in [2.45, 2.75) is 24.3 Å². The lowest BCUT2D eigenvalue weighted by Crippen LogP contribution is -2.32. The van der Waals surface area contributed by atoms with E-state index in [2.05, 4.69) is 15.1 Å². The van der Waals surface area contributed by atoms with Crippen LogP contribution >= 0.6 is 0 Å². The third-order valence-electron chi connectivity index (χ3n) is 3.27. The van der Waals surface area contributed by atoms with Crippen molar-refractivity contribution in [1.82, 2.24) is 9.71 Å². The van der Waals surface area contributed by atoms with Crippen LogP contribution in [-0.2, 0) is 14.8 Å². The largest absolute Gasteiger partial charge is 0.378 e. The van der Waals surface area contributed by atoms with Gasteiger partial charge in [0.2, 0.25) is 10.0 Å². The number of sulfonamides is 1. The Labute approximate surface area is 112 Å². The summed E-state index contributed by atoms with van der Waals surface area (Å²) in [5, 5.41) is 0. The zero-order valence-electron chi connectivity index (χ0n) is 10.7. The van der Waals surface area contributed by atoms with Gasteiger partial charge in [0.1, 0.15) is 4.90 Å². The first-order chi connectivity index (χ1) is 9.04. The van der Waals surface area contributed by atoms with Crippen LogP contribution in [0.5, 0.6) is 0 Å². The fourth-order valence-corrected chi connectivity index (χ4v) is 3.27. The van der Waals surface area contributed by atoms with Crippen molar-refractivity contribution in [1.29, 1.82) is 0 Å². The average Bonchev–Trinajstić information content (AvgIpc) is 2.82. The van der Waals surface area contributed by atoms with Gasteiger partial charge in [-0.2, -0.15) is 0 Å². The molecule has 19 heavy (non-hydrogen) atoms. The van der Waals surface area contributed by atoms with Crippen molar-refractivity contribution < 1.29 is 13.2 Å². The van der Waals surface area contributed by atoms with Gasteiger partial charge in [0.25, 0.3) is 0 Å². The van der Waals surface area contributed by atoms with Crippen LogP contribution in [0.4, 0.5) is 5.82 Å². The Morgan fingerprint density at radius 2 is 2.37 bits per heavy atom. The van der Waals surface area contributed by atoms with E-state index in [4.69, 9.17) is 10.6 Å². The Bertz CT molecular complexity index is 534. The number of ether oxygens (including phenoxy) is 1. The van der Waals surface area contributed by atoms with Crippen molar-refractivity contribution in [3.8, 4) is 0 Å². The molecule has 0 aromatic carbocycles. The minimum atomic E-state index is -3.62. The Hall–Kier alpha value is -1.22. The number of hydrogen-bond donors (Lipinski definition) is 3. The first-order valence-corrected chi connectivity index (χ1v) is 7.56. The fourth-order valence-electron chi connectivity index (χ4n) is 2.05. The second-order valence-corrected chi connectivity index (χ2v) is 6.21. The minimum absolute atomic E-state index is 0.0454. The zero-order chi connectivity index (χ0) is 13.9. The topological polar surface area (TPSA) is 106 Å². The van der Waals surface area contributed by atoms with Crippen LogP contribution in [0.25, 0.3) is 0 Å². The number of aromatic nitrogens is 1. The first-order valence-electron chi connectivity index (χ1n) is 6.07. The number of rotatable bonds is 5. The van der Waals surface area contributed by atoms with Gasteiger partial charge in [-0.05, 0) is 25.5 Å². The maximum absolute atomic E-state index is 12.2. The summed E-state index contributed by atoms with van der Waals surface area (Å²) in [6, 6.07) is 3.01. The van der Waals surface area contributed by atoms with Crippen LogP contribution in [0.3, 0.4) is 0 Å². The van der Waals surface area contributed by atoms with Gasteiger partial charge in [-0.1, -0.05) is 0 Å². The molecule has 2 unspecified atom stereocenters. The highest BCUT2D eigenvalue weighted by atomic mass is 32.2. The van der Waals surface area contributed by atoms with Crippen molar-refractivity contribution in [2.24, 2.45) is 11.8 Å². The third kappa shape index (κ3) is 3.21. The van der Waals surface area contributed by atoms with Crippen LogP contribution in [0.1, 0.15) is 13.3 Å². The Morgan fingerprint density at radius 1 is 1.58 bits per heavy atom. The summed E-state index contributed by atoms with van der Waals surface area (Å²) in [6.07, 6.45) is 2.41. The molecular formula is C11H18N4O3S. The molecule has 106 valence electrons. The monoisotopic (exact) mass is 286 g/mol. The molecule has 0 bridgehead atoms. The van der Waals surface area contributed by atoms with E-state index in [0.717, 1.165) is 6.42 Å². The van der Waals surface area contributed by atoms with Crippen molar-refractivity contribution in [3.63, 3.8) is 0 Å². The number of anilines is 1. The van der Waals surface area contributed by atoms with Crippen LogP contribution < -0.4 is 16.0 Å². The Morgan fingerprint density at radius 3 is 3.00 bits per heavy atom. The molecule has 1 aliphatic heterocycles. The molecule has 0 amide bonds. The summed E-state index contributed by atoms with van der Waals surface area (Å²) in [7, 11) is -3.62. The highest BCUT2D eigenvalue weighted by Crippen LogP contribution is 2.21. The van der Waals surface area contributed by atoms with E-state index >= 15 is 0 Å². The van der Waals surface area contributed by atoms with E-state index < -0.39 is 10.0 Å². The molecule has 1 fully saturated rings. The summed E-state index contributed by atoms with van der Waals surface area (Å²) in [6.45, 7) is 2.97. The van der Waals surface area contributed by atoms with Gasteiger partial charge < -0.3 is 10.2 Å². The van der Waals surface area contributed by atoms with Crippen LogP contribution in [-0.4, -0.2) is 32.7 Å². The molecule has 4 N–H and O–H groups in total. The van der Waals surface area contributed by atoms with Gasteiger partial charge in [-0.3, -0.25) is 0 Å². The molecule has 0 radical (unpaired) electrons. The molecule has 0 aliphatic carbocycles. The van der Waals surface area contributed by atoms with Gasteiger partial charge in [-0.15, -0.1) is 0 Å². The van der Waals surface area contributed by atoms with Gasteiger partial charge >= 0.3 is 0 Å². The number of hydrogen-bond acceptors (Lipinski definition) is 6. The maximum atomic E-state index is 12.2. The number of nitrogens with two attached hydrogens (primary N) is 1. The van der Waals surface area contributed by atoms with Crippen LogP contribution in [0.2, 0.25) is 0 Å². The molecule has 0 spiro atoms. The molecule has 8 heteroatoms. The van der Waals surface area contributed by atoms with Crippen molar-refractivity contribution in [2.75, 3.05) is 18.6 Å². The first kappa shape index (κ1) is 14.2. The summed E-state index contributed by atoms with van der Waals surface area (Å²) >= 11 is 0. The van der Waals surface area contributed by atoms with Crippen LogP contribution in [0, 0.1) is 5.92 Å². The molecule has 2 atom stereocenters. The number of pyridine rings is 1. The van der Waals surface area contributed by atoms with Gasteiger partial charge in [0.05, 0.1) is 6.10 Å². The van der Waals surface area contributed by atoms with E-state index in [0.29, 0.717) is 13.2 Å². The molecule has 1 aromatic heterocycles. The van der Waals surface area contributed by atoms with Crippen molar-refractivity contribution in [3.05, 3.63) is 18.3 Å². The van der Waals surface area contributed by atoms with E-state index in [1.165, 1.54) is 12.3 Å². The average molecular weight is 286 g/mol. The van der Waals surface area contributed by atoms with E-state index in [9.17, 15) is 8.42 Å².